The van der Waals surface area contributed by atoms with Gasteiger partial charge in [-0.2, -0.15) is 0 Å². The van der Waals surface area contributed by atoms with Crippen LogP contribution < -0.4 is 10.2 Å². The molecule has 2 aliphatic heterocycles. The van der Waals surface area contributed by atoms with Gasteiger partial charge in [0, 0.05) is 77.3 Å². The highest BCUT2D eigenvalue weighted by molar-refractivity contribution is 5.96. The molecule has 0 atom stereocenters. The van der Waals surface area contributed by atoms with Gasteiger partial charge in [-0.15, -0.1) is 0 Å². The fraction of sp³-hybridized carbons (Fsp3) is 0.520. The number of aromatic nitrogens is 2. The Balaban J connectivity index is 1.32. The van der Waals surface area contributed by atoms with Gasteiger partial charge in [0.25, 0.3) is 11.8 Å². The summed E-state index contributed by atoms with van der Waals surface area (Å²) in [6.45, 7) is 10.2. The maximum atomic E-state index is 13.0. The van der Waals surface area contributed by atoms with Crippen molar-refractivity contribution in [2.75, 3.05) is 75.7 Å². The molecule has 4 heterocycles. The molecule has 188 valence electrons. The molecule has 2 N–H and O–H groups in total. The maximum absolute atomic E-state index is 13.0. The summed E-state index contributed by atoms with van der Waals surface area (Å²) in [5.74, 6) is 0.712. The standard InChI is InChI=1S/C25H35N7O3/c1-19(2)28-21-4-3-7-26-23(21)30-12-14-32(15-13-30)25(35)22-6-5-20(18-27-22)24(34)31-10-8-29(9-11-31)16-17-33/h3-7,18-19,28,33H,8-17H2,1-2H3. The monoisotopic (exact) mass is 481 g/mol. The Hall–Kier alpha value is -3.24. The quantitative estimate of drug-likeness (QED) is 0.604. The van der Waals surface area contributed by atoms with E-state index in [1.165, 1.54) is 6.20 Å². The van der Waals surface area contributed by atoms with Gasteiger partial charge in [0.1, 0.15) is 5.69 Å². The number of carbonyl (C=O) groups is 2. The molecule has 10 nitrogen and oxygen atoms in total. The lowest BCUT2D eigenvalue weighted by molar-refractivity contribution is 0.0613. The zero-order valence-electron chi connectivity index (χ0n) is 20.6. The van der Waals surface area contributed by atoms with Crippen molar-refractivity contribution in [1.29, 1.82) is 0 Å². The van der Waals surface area contributed by atoms with Gasteiger partial charge in [-0.3, -0.25) is 19.5 Å². The van der Waals surface area contributed by atoms with Crippen molar-refractivity contribution in [2.45, 2.75) is 19.9 Å². The Morgan fingerprint density at radius 3 is 2.26 bits per heavy atom. The Kier molecular flexibility index (Phi) is 8.14. The topological polar surface area (TPSA) is 105 Å². The van der Waals surface area contributed by atoms with Gasteiger partial charge in [-0.05, 0) is 38.1 Å². The summed E-state index contributed by atoms with van der Waals surface area (Å²) < 4.78 is 0. The molecule has 2 aromatic rings. The molecule has 2 saturated heterocycles. The minimum absolute atomic E-state index is 0.0741. The maximum Gasteiger partial charge on any atom is 0.272 e. The van der Waals surface area contributed by atoms with E-state index < -0.39 is 0 Å². The molecule has 10 heteroatoms. The second-order valence-electron chi connectivity index (χ2n) is 9.24. The van der Waals surface area contributed by atoms with Crippen molar-refractivity contribution in [3.05, 3.63) is 47.9 Å². The first-order chi connectivity index (χ1) is 17.0. The smallest absolute Gasteiger partial charge is 0.272 e. The average molecular weight is 482 g/mol. The second-order valence-corrected chi connectivity index (χ2v) is 9.24. The highest BCUT2D eigenvalue weighted by Gasteiger charge is 2.26. The van der Waals surface area contributed by atoms with Crippen LogP contribution in [0.4, 0.5) is 11.5 Å². The molecule has 2 amide bonds. The van der Waals surface area contributed by atoms with Gasteiger partial charge >= 0.3 is 0 Å². The van der Waals surface area contributed by atoms with E-state index in [2.05, 4.69) is 38.9 Å². The summed E-state index contributed by atoms with van der Waals surface area (Å²) in [6.07, 6.45) is 3.30. The lowest BCUT2D eigenvalue weighted by Gasteiger charge is -2.36. The Morgan fingerprint density at radius 2 is 1.63 bits per heavy atom. The summed E-state index contributed by atoms with van der Waals surface area (Å²) >= 11 is 0. The molecule has 0 bridgehead atoms. The number of hydrogen-bond acceptors (Lipinski definition) is 8. The molecule has 2 aliphatic rings. The number of nitrogens with one attached hydrogen (secondary N) is 1. The van der Waals surface area contributed by atoms with Gasteiger partial charge in [0.15, 0.2) is 5.82 Å². The SMILES string of the molecule is CC(C)Nc1cccnc1N1CCN(C(=O)c2ccc(C(=O)N3CCN(CCO)CC3)cn2)CC1. The minimum Gasteiger partial charge on any atom is -0.395 e. The van der Waals surface area contributed by atoms with E-state index in [4.69, 9.17) is 5.11 Å². The molecular weight excluding hydrogens is 446 g/mol. The largest absolute Gasteiger partial charge is 0.395 e. The lowest BCUT2D eigenvalue weighted by atomic mass is 10.2. The molecular formula is C25H35N7O3. The van der Waals surface area contributed by atoms with E-state index in [0.29, 0.717) is 63.1 Å². The van der Waals surface area contributed by atoms with Crippen LogP contribution in [-0.2, 0) is 0 Å². The molecule has 0 aliphatic carbocycles. The highest BCUT2D eigenvalue weighted by Crippen LogP contribution is 2.24. The number of hydrogen-bond donors (Lipinski definition) is 2. The number of piperazine rings is 2. The van der Waals surface area contributed by atoms with Crippen LogP contribution in [0, 0.1) is 0 Å². The van der Waals surface area contributed by atoms with E-state index in [9.17, 15) is 9.59 Å². The molecule has 0 unspecified atom stereocenters. The van der Waals surface area contributed by atoms with Crippen LogP contribution in [0.25, 0.3) is 0 Å². The highest BCUT2D eigenvalue weighted by atomic mass is 16.3. The number of β-amino-alcohol motifs (C(OH)–C–C–N with tert-alkyl or cyclic N) is 1. The second kappa shape index (κ2) is 11.5. The molecule has 2 fully saturated rings. The first-order valence-corrected chi connectivity index (χ1v) is 12.3. The van der Waals surface area contributed by atoms with E-state index in [-0.39, 0.29) is 18.4 Å². The third kappa shape index (κ3) is 6.07. The Bertz CT molecular complexity index is 998. The number of carbonyl (C=O) groups excluding carboxylic acids is 2. The van der Waals surface area contributed by atoms with Crippen LogP contribution in [0.5, 0.6) is 0 Å². The number of pyridine rings is 2. The summed E-state index contributed by atoms with van der Waals surface area (Å²) in [5, 5.41) is 12.5. The zero-order chi connectivity index (χ0) is 24.8. The van der Waals surface area contributed by atoms with E-state index >= 15 is 0 Å². The van der Waals surface area contributed by atoms with Gasteiger partial charge in [0.05, 0.1) is 17.9 Å². The Morgan fingerprint density at radius 1 is 0.943 bits per heavy atom. The molecule has 0 radical (unpaired) electrons. The average Bonchev–Trinajstić information content (AvgIpc) is 2.89. The zero-order valence-corrected chi connectivity index (χ0v) is 20.6. The first-order valence-electron chi connectivity index (χ1n) is 12.3. The minimum atomic E-state index is -0.122. The van der Waals surface area contributed by atoms with Crippen LogP contribution in [0.3, 0.4) is 0 Å². The van der Waals surface area contributed by atoms with E-state index in [1.54, 1.807) is 28.1 Å². The van der Waals surface area contributed by atoms with Crippen LogP contribution in [0.2, 0.25) is 0 Å². The fourth-order valence-corrected chi connectivity index (χ4v) is 4.50. The number of amides is 2. The Labute approximate surface area is 206 Å². The molecule has 2 aromatic heterocycles. The molecule has 4 rings (SSSR count). The summed E-state index contributed by atoms with van der Waals surface area (Å²) in [6, 6.07) is 7.59. The summed E-state index contributed by atoms with van der Waals surface area (Å²) in [4.78, 5) is 42.7. The first kappa shape index (κ1) is 24.9. The van der Waals surface area contributed by atoms with Crippen molar-refractivity contribution in [1.82, 2.24) is 24.7 Å². The number of aliphatic hydroxyl groups excluding tert-OH is 1. The number of rotatable bonds is 7. The number of anilines is 2. The van der Waals surface area contributed by atoms with Gasteiger partial charge in [-0.1, -0.05) is 0 Å². The van der Waals surface area contributed by atoms with Crippen LogP contribution in [0.15, 0.2) is 36.7 Å². The molecule has 0 spiro atoms. The molecule has 0 aromatic carbocycles. The van der Waals surface area contributed by atoms with Crippen LogP contribution in [0.1, 0.15) is 34.7 Å². The summed E-state index contributed by atoms with van der Waals surface area (Å²) in [7, 11) is 0. The van der Waals surface area contributed by atoms with E-state index in [0.717, 1.165) is 24.6 Å². The fourth-order valence-electron chi connectivity index (χ4n) is 4.50. The van der Waals surface area contributed by atoms with Crippen molar-refractivity contribution in [2.24, 2.45) is 0 Å². The third-order valence-corrected chi connectivity index (χ3v) is 6.40. The van der Waals surface area contributed by atoms with E-state index in [1.807, 2.05) is 12.1 Å². The van der Waals surface area contributed by atoms with Crippen molar-refractivity contribution in [3.63, 3.8) is 0 Å². The van der Waals surface area contributed by atoms with Crippen LogP contribution in [-0.4, -0.2) is 113 Å². The lowest BCUT2D eigenvalue weighted by Crippen LogP contribution is -2.49. The predicted molar refractivity (Wildman–Crippen MR) is 135 cm³/mol. The van der Waals surface area contributed by atoms with Crippen molar-refractivity contribution in [3.8, 4) is 0 Å². The van der Waals surface area contributed by atoms with Gasteiger partial charge in [-0.25, -0.2) is 4.98 Å². The normalized spacial score (nSPS) is 17.1. The summed E-state index contributed by atoms with van der Waals surface area (Å²) in [5.41, 5.74) is 1.84. The van der Waals surface area contributed by atoms with Crippen molar-refractivity contribution < 1.29 is 14.7 Å². The predicted octanol–water partition coefficient (Wildman–Crippen LogP) is 1.01. The van der Waals surface area contributed by atoms with Gasteiger partial charge in [0.2, 0.25) is 0 Å². The third-order valence-electron chi connectivity index (χ3n) is 6.40. The molecule has 35 heavy (non-hydrogen) atoms. The van der Waals surface area contributed by atoms with Gasteiger partial charge < -0.3 is 25.1 Å². The molecule has 0 saturated carbocycles. The van der Waals surface area contributed by atoms with Crippen molar-refractivity contribution >= 4 is 23.3 Å². The van der Waals surface area contributed by atoms with Crippen LogP contribution >= 0.6 is 0 Å². The number of aliphatic hydroxyl groups is 1. The number of nitrogens with zero attached hydrogens (tertiary/aromatic N) is 6.